The van der Waals surface area contributed by atoms with Gasteiger partial charge < -0.3 is 51.3 Å². The van der Waals surface area contributed by atoms with Gasteiger partial charge in [0.05, 0.1) is 46.4 Å². The number of nitrogens with zero attached hydrogens (tertiary/aromatic N) is 8. The maximum absolute atomic E-state index is 13.4. The lowest BCUT2D eigenvalue weighted by atomic mass is 10.1. The molecule has 0 bridgehead atoms. The highest BCUT2D eigenvalue weighted by molar-refractivity contribution is 6.35. The summed E-state index contributed by atoms with van der Waals surface area (Å²) < 4.78 is 71.5. The van der Waals surface area contributed by atoms with Crippen molar-refractivity contribution < 1.29 is 69.8 Å². The SMILES string of the molecule is COc1ccc(CCN(CC(N)=O)C(=O)CN(CCc2ccc(F)cc2)C(=O)CCCCc2ccc(F)cc2)cc1.NC(=O)CN(CCc1ccccn1)C(=O)CN(CCc1ccc(F)cc1)C(=O)CCCCc1ccc(Cl)cc1Cl.NC(=O)CN(CCc1ccccn1)C(=O)CN(CCc1ccc(F)cc1)C(=O)CCCCc1ccc(F)cc1. The normalized spacial score (nSPS) is 10.7. The predicted octanol–water partition coefficient (Wildman–Crippen LogP) is 12.9. The average molecular weight is 1690 g/mol. The quantitative estimate of drug-likeness (QED) is 0.0237. The van der Waals surface area contributed by atoms with Crippen molar-refractivity contribution in [1.29, 1.82) is 0 Å². The Kier molecular flexibility index (Phi) is 41.4. The van der Waals surface area contributed by atoms with E-state index in [1.165, 1.54) is 90.1 Å². The molecule has 0 aliphatic carbocycles. The van der Waals surface area contributed by atoms with E-state index in [2.05, 4.69) is 9.97 Å². The van der Waals surface area contributed by atoms with Crippen LogP contribution in [0, 0.1) is 29.1 Å². The van der Waals surface area contributed by atoms with Gasteiger partial charge in [-0.15, -0.1) is 0 Å². The number of hydrogen-bond acceptors (Lipinski definition) is 12. The first-order valence-corrected chi connectivity index (χ1v) is 40.6. The van der Waals surface area contributed by atoms with Gasteiger partial charge in [-0.25, -0.2) is 22.0 Å². The van der Waals surface area contributed by atoms with Crippen molar-refractivity contribution in [2.75, 3.05) is 85.6 Å². The highest BCUT2D eigenvalue weighted by Gasteiger charge is 2.27. The van der Waals surface area contributed by atoms with Crippen LogP contribution in [0.2, 0.25) is 10.0 Å². The molecule has 9 amide bonds. The number of methoxy groups -OCH3 is 1. The van der Waals surface area contributed by atoms with Crippen LogP contribution in [0.1, 0.15) is 108 Å². The molecule has 0 unspecified atom stereocenters. The lowest BCUT2D eigenvalue weighted by Gasteiger charge is -2.27. The first kappa shape index (κ1) is 95.2. The Morgan fingerprint density at radius 1 is 0.317 bits per heavy atom. The zero-order valence-corrected chi connectivity index (χ0v) is 69.0. The van der Waals surface area contributed by atoms with E-state index in [0.717, 1.165) is 69.6 Å². The summed E-state index contributed by atoms with van der Waals surface area (Å²) in [6.07, 6.45) is 12.8. The molecule has 0 saturated heterocycles. The number of amides is 9. The van der Waals surface area contributed by atoms with E-state index in [-0.39, 0.29) is 162 Å². The minimum absolute atomic E-state index is 0.179. The maximum atomic E-state index is 13.4. The number of primary amides is 3. The summed E-state index contributed by atoms with van der Waals surface area (Å²) in [5.74, 6) is -4.53. The van der Waals surface area contributed by atoms with Crippen molar-refractivity contribution in [3.63, 3.8) is 0 Å². The molecule has 9 aromatic rings. The smallest absolute Gasteiger partial charge is 0.242 e. The molecule has 0 aliphatic rings. The molecule has 0 atom stereocenters. The van der Waals surface area contributed by atoms with Crippen LogP contribution in [-0.2, 0) is 101 Å². The number of rotatable bonds is 46. The molecule has 0 spiro atoms. The third-order valence-electron chi connectivity index (χ3n) is 19.6. The summed E-state index contributed by atoms with van der Waals surface area (Å²) in [5, 5.41) is 1.15. The second-order valence-corrected chi connectivity index (χ2v) is 29.6. The molecule has 21 nitrogen and oxygen atoms in total. The van der Waals surface area contributed by atoms with Crippen molar-refractivity contribution in [2.24, 2.45) is 17.2 Å². The van der Waals surface area contributed by atoms with E-state index in [9.17, 15) is 65.1 Å². The minimum Gasteiger partial charge on any atom is -0.497 e. The molecule has 28 heteroatoms. The molecule has 120 heavy (non-hydrogen) atoms. The Bertz CT molecular complexity index is 4690. The number of pyridine rings is 2. The van der Waals surface area contributed by atoms with Crippen molar-refractivity contribution in [3.8, 4) is 5.75 Å². The average Bonchev–Trinajstić information content (AvgIpc) is 0.892. The second kappa shape index (κ2) is 52.1. The van der Waals surface area contributed by atoms with E-state index >= 15 is 0 Å². The summed E-state index contributed by atoms with van der Waals surface area (Å²) in [6, 6.07) is 54.3. The van der Waals surface area contributed by atoms with Gasteiger partial charge in [0.2, 0.25) is 53.2 Å². The molecule has 0 fully saturated rings. The van der Waals surface area contributed by atoms with Gasteiger partial charge in [-0.1, -0.05) is 114 Å². The molecule has 6 N–H and O–H groups in total. The largest absolute Gasteiger partial charge is 0.497 e. The van der Waals surface area contributed by atoms with Crippen molar-refractivity contribution in [3.05, 3.63) is 302 Å². The number of halogens is 7. The van der Waals surface area contributed by atoms with Crippen LogP contribution < -0.4 is 21.9 Å². The Labute approximate surface area is 708 Å². The van der Waals surface area contributed by atoms with Gasteiger partial charge in [0.1, 0.15) is 34.8 Å². The fraction of sp³-hybridized carbons (Fsp3) is 0.337. The Hall–Kier alpha value is -11.9. The fourth-order valence-electron chi connectivity index (χ4n) is 12.8. The summed E-state index contributed by atoms with van der Waals surface area (Å²) in [5.41, 5.74) is 24.2. The van der Waals surface area contributed by atoms with Crippen molar-refractivity contribution in [1.82, 2.24) is 39.4 Å². The van der Waals surface area contributed by atoms with Crippen LogP contribution in [-0.4, -0.2) is 178 Å². The molecule has 0 aliphatic heterocycles. The Morgan fingerprint density at radius 2 is 0.592 bits per heavy atom. The molecule has 9 rings (SSSR count). The van der Waals surface area contributed by atoms with Gasteiger partial charge in [0.25, 0.3) is 0 Å². The number of unbranched alkanes of at least 4 members (excludes halogenated alkanes) is 3. The maximum Gasteiger partial charge on any atom is 0.242 e. The van der Waals surface area contributed by atoms with E-state index in [0.29, 0.717) is 92.8 Å². The first-order valence-electron chi connectivity index (χ1n) is 39.8. The van der Waals surface area contributed by atoms with Gasteiger partial charge in [-0.2, -0.15) is 0 Å². The van der Waals surface area contributed by atoms with E-state index in [1.54, 1.807) is 104 Å². The van der Waals surface area contributed by atoms with Crippen LogP contribution in [0.4, 0.5) is 22.0 Å². The zero-order valence-electron chi connectivity index (χ0n) is 67.5. The van der Waals surface area contributed by atoms with Crippen LogP contribution in [0.5, 0.6) is 5.75 Å². The van der Waals surface area contributed by atoms with Gasteiger partial charge in [0, 0.05) is 105 Å². The monoisotopic (exact) mass is 1690 g/mol. The third-order valence-corrected chi connectivity index (χ3v) is 20.2. The van der Waals surface area contributed by atoms with Gasteiger partial charge >= 0.3 is 0 Å². The lowest BCUT2D eigenvalue weighted by molar-refractivity contribution is -0.141. The number of ether oxygens (including phenoxy) is 1. The summed E-state index contributed by atoms with van der Waals surface area (Å²) in [4.78, 5) is 132. The number of nitrogens with two attached hydrogens (primary N) is 3. The number of carbonyl (C=O) groups excluding carboxylic acids is 9. The van der Waals surface area contributed by atoms with Crippen molar-refractivity contribution >= 4 is 76.4 Å². The zero-order chi connectivity index (χ0) is 86.6. The molecule has 7 aromatic carbocycles. The summed E-state index contributed by atoms with van der Waals surface area (Å²) in [6.45, 7) is 0.145. The topological polar surface area (TPSA) is 286 Å². The first-order chi connectivity index (χ1) is 57.7. The predicted molar refractivity (Wildman–Crippen MR) is 452 cm³/mol. The fourth-order valence-corrected chi connectivity index (χ4v) is 13.3. The van der Waals surface area contributed by atoms with Gasteiger partial charge in [-0.3, -0.25) is 53.1 Å². The molecule has 636 valence electrons. The van der Waals surface area contributed by atoms with Gasteiger partial charge in [-0.05, 0) is 232 Å². The molecule has 2 aromatic heterocycles. The molecule has 2 heterocycles. The van der Waals surface area contributed by atoms with E-state index < -0.39 is 17.7 Å². The second-order valence-electron chi connectivity index (χ2n) is 28.8. The molecule has 0 saturated carbocycles. The molecular weight excluding hydrogens is 1580 g/mol. The van der Waals surface area contributed by atoms with E-state index in [4.69, 9.17) is 45.1 Å². The number of benzene rings is 7. The summed E-state index contributed by atoms with van der Waals surface area (Å²) in [7, 11) is 1.58. The minimum atomic E-state index is -0.644. The summed E-state index contributed by atoms with van der Waals surface area (Å²) >= 11 is 12.2. The van der Waals surface area contributed by atoms with Gasteiger partial charge in [0.15, 0.2) is 0 Å². The van der Waals surface area contributed by atoms with Crippen LogP contribution in [0.25, 0.3) is 0 Å². The van der Waals surface area contributed by atoms with E-state index in [1.807, 2.05) is 54.6 Å². The van der Waals surface area contributed by atoms with Crippen LogP contribution >= 0.6 is 23.2 Å². The molecular formula is C92H104Cl2F5N11O10. The standard InChI is InChI=1S/C32H37F2N3O4.C30H33Cl2FN4O3.C30H34F2N4O3/c1-41-29-16-10-26(11-17-29)18-20-36(22-30(35)38)32(40)23-37(21-19-25-8-14-28(34)15-9-25)31(39)5-3-2-4-24-6-12-27(33)13-7-24;31-24-11-10-23(27(32)19-24)5-1-2-7-29(39)37(17-14-22-8-12-25(33)13-9-22)21-30(40)36(20-28(34)38)18-15-26-6-3-4-16-35-26;31-25-12-8-23(9-13-25)5-1-2-7-29(38)36(19-16-24-10-14-26(32)15-11-24)22-30(39)35(21-28(33)37)20-17-27-6-3-4-18-34-27/h6-17H,2-5,18-23H2,1H3,(H2,35,38);3-4,6,8-13,16,19H,1-2,5,7,14-15,17-18,20-21H2,(H2,34,38);3-4,6,8-15,18H,1-2,5,7,16-17,19-22H2,(H2,33,37). The Morgan fingerprint density at radius 3 is 0.867 bits per heavy atom. The van der Waals surface area contributed by atoms with Crippen LogP contribution in [0.15, 0.2) is 213 Å². The Balaban J connectivity index is 0.000000248. The number of aryl methyl sites for hydroxylation is 3. The third kappa shape index (κ3) is 36.9. The number of hydrogen-bond donors (Lipinski definition) is 3. The molecule has 0 radical (unpaired) electrons. The number of carbonyl (C=O) groups is 9. The van der Waals surface area contributed by atoms with Crippen molar-refractivity contribution in [2.45, 2.75) is 116 Å². The van der Waals surface area contributed by atoms with Crippen LogP contribution in [0.3, 0.4) is 0 Å². The highest BCUT2D eigenvalue weighted by Crippen LogP contribution is 2.24. The lowest BCUT2D eigenvalue weighted by Crippen LogP contribution is -2.47. The highest BCUT2D eigenvalue weighted by atomic mass is 35.5. The number of aromatic nitrogens is 2.